The number of carbonyl (C=O) groups is 1. The average Bonchev–Trinajstić information content (AvgIpc) is 2.90. The fraction of sp³-hybridized carbons (Fsp3) is 0.333. The molecular formula is C12H12N4O5. The zero-order chi connectivity index (χ0) is 15.0. The number of hydrogen-bond acceptors (Lipinski definition) is 7. The van der Waals surface area contributed by atoms with E-state index in [0.717, 1.165) is 0 Å². The van der Waals surface area contributed by atoms with E-state index in [1.54, 1.807) is 4.90 Å². The van der Waals surface area contributed by atoms with Gasteiger partial charge in [0.15, 0.2) is 5.58 Å². The first-order chi connectivity index (χ1) is 10.0. The molecule has 0 aliphatic carbocycles. The lowest BCUT2D eigenvalue weighted by molar-refractivity contribution is -0.384. The van der Waals surface area contributed by atoms with Crippen LogP contribution in [0, 0.1) is 10.1 Å². The molecule has 1 aliphatic rings. The van der Waals surface area contributed by atoms with Crippen LogP contribution >= 0.6 is 0 Å². The van der Waals surface area contributed by atoms with Gasteiger partial charge in [-0.05, 0) is 6.07 Å². The molecule has 0 radical (unpaired) electrons. The van der Waals surface area contributed by atoms with Gasteiger partial charge in [0, 0.05) is 31.8 Å². The van der Waals surface area contributed by atoms with Crippen molar-refractivity contribution in [2.75, 3.05) is 24.5 Å². The van der Waals surface area contributed by atoms with Gasteiger partial charge in [0.1, 0.15) is 11.6 Å². The fourth-order valence-corrected chi connectivity index (χ4v) is 2.24. The number of carboxylic acids is 1. The van der Waals surface area contributed by atoms with E-state index in [0.29, 0.717) is 24.2 Å². The number of rotatable bonds is 3. The first kappa shape index (κ1) is 13.3. The minimum Gasteiger partial charge on any atom is -0.480 e. The van der Waals surface area contributed by atoms with E-state index < -0.39 is 16.9 Å². The van der Waals surface area contributed by atoms with Crippen LogP contribution in [-0.4, -0.2) is 46.7 Å². The van der Waals surface area contributed by atoms with Crippen molar-refractivity contribution in [3.05, 3.63) is 28.3 Å². The summed E-state index contributed by atoms with van der Waals surface area (Å²) in [6.07, 6.45) is 0. The highest BCUT2D eigenvalue weighted by molar-refractivity contribution is 5.78. The number of nitro groups is 1. The molecule has 0 saturated carbocycles. The Hall–Kier alpha value is -2.68. The maximum absolute atomic E-state index is 11.0. The Morgan fingerprint density at radius 2 is 2.38 bits per heavy atom. The van der Waals surface area contributed by atoms with E-state index in [2.05, 4.69) is 10.3 Å². The molecule has 1 saturated heterocycles. The van der Waals surface area contributed by atoms with Gasteiger partial charge in [0.2, 0.25) is 0 Å². The number of piperazine rings is 1. The van der Waals surface area contributed by atoms with Crippen LogP contribution in [0.4, 0.5) is 11.7 Å². The van der Waals surface area contributed by atoms with E-state index >= 15 is 0 Å². The van der Waals surface area contributed by atoms with Gasteiger partial charge >= 0.3 is 5.97 Å². The number of nitro benzene ring substituents is 1. The van der Waals surface area contributed by atoms with Gasteiger partial charge in [-0.1, -0.05) is 0 Å². The lowest BCUT2D eigenvalue weighted by Crippen LogP contribution is -2.54. The van der Waals surface area contributed by atoms with Gasteiger partial charge in [0.25, 0.3) is 11.7 Å². The third kappa shape index (κ3) is 2.50. The number of nitrogens with one attached hydrogen (secondary N) is 1. The largest absolute Gasteiger partial charge is 0.480 e. The molecule has 9 heteroatoms. The summed E-state index contributed by atoms with van der Waals surface area (Å²) in [5.74, 6) is -0.938. The summed E-state index contributed by atoms with van der Waals surface area (Å²) in [6.45, 7) is 1.28. The standard InChI is InChI=1S/C12H12N4O5/c17-11(18)9-6-15(4-3-13-9)12-14-8-5-7(16(19)20)1-2-10(8)21-12/h1-2,5,9,13H,3-4,6H2,(H,17,18). The van der Waals surface area contributed by atoms with Crippen molar-refractivity contribution in [1.82, 2.24) is 10.3 Å². The number of benzene rings is 1. The number of nitrogens with zero attached hydrogens (tertiary/aromatic N) is 3. The summed E-state index contributed by atoms with van der Waals surface area (Å²) in [7, 11) is 0. The molecule has 2 N–H and O–H groups in total. The molecule has 1 aliphatic heterocycles. The Labute approximate surface area is 118 Å². The molecule has 3 rings (SSSR count). The van der Waals surface area contributed by atoms with Crippen LogP contribution in [0.25, 0.3) is 11.1 Å². The number of oxazole rings is 1. The number of anilines is 1. The Morgan fingerprint density at radius 1 is 1.57 bits per heavy atom. The summed E-state index contributed by atoms with van der Waals surface area (Å²) in [5.41, 5.74) is 0.747. The van der Waals surface area contributed by atoms with Crippen LogP contribution < -0.4 is 10.2 Å². The molecule has 21 heavy (non-hydrogen) atoms. The third-order valence-electron chi connectivity index (χ3n) is 3.31. The second kappa shape index (κ2) is 5.02. The van der Waals surface area contributed by atoms with E-state index in [-0.39, 0.29) is 18.2 Å². The van der Waals surface area contributed by atoms with Crippen molar-refractivity contribution in [3.63, 3.8) is 0 Å². The smallest absolute Gasteiger partial charge is 0.322 e. The van der Waals surface area contributed by atoms with Gasteiger partial charge in [-0.2, -0.15) is 4.98 Å². The molecule has 1 aromatic heterocycles. The Morgan fingerprint density at radius 3 is 3.10 bits per heavy atom. The van der Waals surface area contributed by atoms with Crippen molar-refractivity contribution >= 4 is 28.8 Å². The molecule has 1 aromatic carbocycles. The predicted octanol–water partition coefficient (Wildman–Crippen LogP) is 0.599. The normalized spacial score (nSPS) is 18.9. The van der Waals surface area contributed by atoms with Crippen LogP contribution in [0.3, 0.4) is 0 Å². The van der Waals surface area contributed by atoms with E-state index in [4.69, 9.17) is 9.52 Å². The molecule has 0 amide bonds. The first-order valence-corrected chi connectivity index (χ1v) is 6.31. The van der Waals surface area contributed by atoms with Crippen LogP contribution in [0.2, 0.25) is 0 Å². The second-order valence-corrected chi connectivity index (χ2v) is 4.70. The van der Waals surface area contributed by atoms with Gasteiger partial charge < -0.3 is 19.7 Å². The predicted molar refractivity (Wildman–Crippen MR) is 72.3 cm³/mol. The van der Waals surface area contributed by atoms with Crippen molar-refractivity contribution in [2.45, 2.75) is 6.04 Å². The summed E-state index contributed by atoms with van der Waals surface area (Å²) in [6, 6.07) is 3.75. The number of hydrogen-bond donors (Lipinski definition) is 2. The van der Waals surface area contributed by atoms with Gasteiger partial charge in [-0.15, -0.1) is 0 Å². The van der Waals surface area contributed by atoms with Crippen molar-refractivity contribution in [2.24, 2.45) is 0 Å². The number of fused-ring (bicyclic) bond motifs is 1. The number of aliphatic carboxylic acids is 1. The topological polar surface area (TPSA) is 122 Å². The van der Waals surface area contributed by atoms with Crippen LogP contribution in [0.5, 0.6) is 0 Å². The third-order valence-corrected chi connectivity index (χ3v) is 3.31. The molecule has 0 bridgehead atoms. The summed E-state index contributed by atoms with van der Waals surface area (Å²) in [4.78, 5) is 27.2. The number of aromatic nitrogens is 1. The van der Waals surface area contributed by atoms with E-state index in [9.17, 15) is 14.9 Å². The van der Waals surface area contributed by atoms with Crippen LogP contribution in [0.15, 0.2) is 22.6 Å². The lowest BCUT2D eigenvalue weighted by Gasteiger charge is -2.30. The maximum Gasteiger partial charge on any atom is 0.322 e. The lowest BCUT2D eigenvalue weighted by atomic mass is 10.2. The Kier molecular flexibility index (Phi) is 3.18. The van der Waals surface area contributed by atoms with E-state index in [1.807, 2.05) is 0 Å². The average molecular weight is 292 g/mol. The molecule has 2 heterocycles. The van der Waals surface area contributed by atoms with Crippen LogP contribution in [-0.2, 0) is 4.79 Å². The number of carboxylic acid groups (broad SMARTS) is 1. The van der Waals surface area contributed by atoms with Crippen molar-refractivity contribution in [1.29, 1.82) is 0 Å². The minimum absolute atomic E-state index is 0.0638. The summed E-state index contributed by atoms with van der Waals surface area (Å²) in [5, 5.41) is 22.6. The molecular weight excluding hydrogens is 280 g/mol. The first-order valence-electron chi connectivity index (χ1n) is 6.31. The van der Waals surface area contributed by atoms with E-state index in [1.165, 1.54) is 18.2 Å². The zero-order valence-electron chi connectivity index (χ0n) is 10.9. The Balaban J connectivity index is 1.90. The highest BCUT2D eigenvalue weighted by atomic mass is 16.6. The molecule has 110 valence electrons. The SMILES string of the molecule is O=C(O)C1CN(c2nc3cc([N+](=O)[O-])ccc3o2)CCN1. The summed E-state index contributed by atoms with van der Waals surface area (Å²) >= 11 is 0. The van der Waals surface area contributed by atoms with Gasteiger partial charge in [-0.3, -0.25) is 14.9 Å². The van der Waals surface area contributed by atoms with Crippen LogP contribution in [0.1, 0.15) is 0 Å². The molecule has 2 aromatic rings. The van der Waals surface area contributed by atoms with Crippen molar-refractivity contribution < 1.29 is 19.2 Å². The monoisotopic (exact) mass is 292 g/mol. The molecule has 1 unspecified atom stereocenters. The minimum atomic E-state index is -0.938. The Bertz CT molecular complexity index is 713. The molecule has 0 spiro atoms. The molecule has 1 atom stereocenters. The fourth-order valence-electron chi connectivity index (χ4n) is 2.24. The zero-order valence-corrected chi connectivity index (χ0v) is 10.9. The number of non-ortho nitro benzene ring substituents is 1. The second-order valence-electron chi connectivity index (χ2n) is 4.70. The highest BCUT2D eigenvalue weighted by Gasteiger charge is 2.27. The molecule has 1 fully saturated rings. The van der Waals surface area contributed by atoms with Gasteiger partial charge in [0.05, 0.1) is 4.92 Å². The van der Waals surface area contributed by atoms with Crippen molar-refractivity contribution in [3.8, 4) is 0 Å². The van der Waals surface area contributed by atoms with Gasteiger partial charge in [-0.25, -0.2) is 0 Å². The summed E-state index contributed by atoms with van der Waals surface area (Å²) < 4.78 is 5.54. The molecule has 9 nitrogen and oxygen atoms in total. The highest BCUT2D eigenvalue weighted by Crippen LogP contribution is 2.26. The maximum atomic E-state index is 11.0. The quantitative estimate of drug-likeness (QED) is 0.623.